The van der Waals surface area contributed by atoms with Crippen LogP contribution in [-0.2, 0) is 11.2 Å². The summed E-state index contributed by atoms with van der Waals surface area (Å²) < 4.78 is 11.2. The molecule has 3 heterocycles. The van der Waals surface area contributed by atoms with Gasteiger partial charge >= 0.3 is 0 Å². The Hall–Kier alpha value is -1.59. The van der Waals surface area contributed by atoms with Crippen LogP contribution in [0.25, 0.3) is 0 Å². The highest BCUT2D eigenvalue weighted by Gasteiger charge is 2.36. The second-order valence-electron chi connectivity index (χ2n) is 6.58. The molecule has 1 aromatic carbocycles. The second-order valence-corrected chi connectivity index (χ2v) is 6.58. The largest absolute Gasteiger partial charge is 0.493 e. The van der Waals surface area contributed by atoms with Gasteiger partial charge in [0.2, 0.25) is 0 Å². The van der Waals surface area contributed by atoms with Crippen molar-refractivity contribution >= 4 is 5.91 Å². The van der Waals surface area contributed by atoms with Crippen LogP contribution in [0.15, 0.2) is 18.2 Å². The molecule has 1 N–H and O–H groups in total. The number of ether oxygens (including phenoxy) is 2. The highest BCUT2D eigenvalue weighted by Crippen LogP contribution is 2.27. The Morgan fingerprint density at radius 3 is 3.18 bits per heavy atom. The predicted molar refractivity (Wildman–Crippen MR) is 82.3 cm³/mol. The lowest BCUT2D eigenvalue weighted by molar-refractivity contribution is -0.0390. The van der Waals surface area contributed by atoms with Crippen LogP contribution in [0.1, 0.15) is 29.3 Å². The van der Waals surface area contributed by atoms with E-state index in [1.54, 1.807) is 0 Å². The summed E-state index contributed by atoms with van der Waals surface area (Å²) >= 11 is 0. The van der Waals surface area contributed by atoms with Crippen LogP contribution in [0.2, 0.25) is 0 Å². The molecule has 0 saturated carbocycles. The first-order valence-corrected chi connectivity index (χ1v) is 8.11. The zero-order chi connectivity index (χ0) is 15.1. The van der Waals surface area contributed by atoms with E-state index in [1.165, 1.54) is 0 Å². The van der Waals surface area contributed by atoms with Crippen molar-refractivity contribution < 1.29 is 14.3 Å². The average molecular weight is 302 g/mol. The van der Waals surface area contributed by atoms with Crippen LogP contribution >= 0.6 is 0 Å². The molecule has 3 aliphatic rings. The van der Waals surface area contributed by atoms with E-state index in [9.17, 15) is 4.79 Å². The third-order valence-corrected chi connectivity index (χ3v) is 4.88. The summed E-state index contributed by atoms with van der Waals surface area (Å²) in [6.07, 6.45) is 2.17. The van der Waals surface area contributed by atoms with Gasteiger partial charge in [-0.3, -0.25) is 9.69 Å². The monoisotopic (exact) mass is 302 g/mol. The van der Waals surface area contributed by atoms with E-state index in [0.29, 0.717) is 12.1 Å². The van der Waals surface area contributed by atoms with E-state index in [1.807, 2.05) is 18.2 Å². The standard InChI is InChI=1S/C17H22N2O3/c1-11-8-19-9-14(7-15(19)10-22-11)18-17(20)13-2-3-16-12(6-13)4-5-21-16/h2-3,6,11,14-15H,4-5,7-10H2,1H3,(H,18,20)/t11-,14+,15-/m0/s1. The van der Waals surface area contributed by atoms with Gasteiger partial charge in [0.05, 0.1) is 19.3 Å². The van der Waals surface area contributed by atoms with E-state index in [0.717, 1.165) is 56.0 Å². The smallest absolute Gasteiger partial charge is 0.251 e. The van der Waals surface area contributed by atoms with E-state index in [2.05, 4.69) is 17.1 Å². The summed E-state index contributed by atoms with van der Waals surface area (Å²) in [6, 6.07) is 6.40. The minimum atomic E-state index is 0.0218. The summed E-state index contributed by atoms with van der Waals surface area (Å²) in [4.78, 5) is 14.9. The number of morpholine rings is 1. The fraction of sp³-hybridized carbons (Fsp3) is 0.588. The molecule has 0 aliphatic carbocycles. The molecule has 2 fully saturated rings. The van der Waals surface area contributed by atoms with Crippen LogP contribution in [0, 0.1) is 0 Å². The van der Waals surface area contributed by atoms with Crippen molar-refractivity contribution in [2.45, 2.75) is 38.0 Å². The maximum atomic E-state index is 12.5. The SMILES string of the molecule is C[C@H]1CN2C[C@H](NC(=O)c3ccc4c(c3)CCO4)C[C@H]2CO1. The molecule has 5 nitrogen and oxygen atoms in total. The van der Waals surface area contributed by atoms with Crippen molar-refractivity contribution in [1.82, 2.24) is 10.2 Å². The van der Waals surface area contributed by atoms with Crippen molar-refractivity contribution in [2.75, 3.05) is 26.3 Å². The number of carbonyl (C=O) groups excluding carboxylic acids is 1. The van der Waals surface area contributed by atoms with Gasteiger partial charge in [0.15, 0.2) is 0 Å². The highest BCUT2D eigenvalue weighted by atomic mass is 16.5. The molecule has 2 saturated heterocycles. The zero-order valence-corrected chi connectivity index (χ0v) is 12.9. The Labute approximate surface area is 130 Å². The fourth-order valence-corrected chi connectivity index (χ4v) is 3.74. The number of hydrogen-bond acceptors (Lipinski definition) is 4. The number of amides is 1. The van der Waals surface area contributed by atoms with E-state index in [-0.39, 0.29) is 11.9 Å². The van der Waals surface area contributed by atoms with Gasteiger partial charge in [0.25, 0.3) is 5.91 Å². The van der Waals surface area contributed by atoms with E-state index < -0.39 is 0 Å². The molecule has 5 heteroatoms. The van der Waals surface area contributed by atoms with E-state index in [4.69, 9.17) is 9.47 Å². The summed E-state index contributed by atoms with van der Waals surface area (Å²) in [6.45, 7) is 5.50. The van der Waals surface area contributed by atoms with Gasteiger partial charge in [0, 0.05) is 37.2 Å². The van der Waals surface area contributed by atoms with Gasteiger partial charge in [-0.2, -0.15) is 0 Å². The molecule has 118 valence electrons. The first-order valence-electron chi connectivity index (χ1n) is 8.11. The zero-order valence-electron chi connectivity index (χ0n) is 12.9. The van der Waals surface area contributed by atoms with Crippen LogP contribution < -0.4 is 10.1 Å². The van der Waals surface area contributed by atoms with E-state index >= 15 is 0 Å². The molecule has 0 spiro atoms. The third-order valence-electron chi connectivity index (χ3n) is 4.88. The quantitative estimate of drug-likeness (QED) is 0.892. The first-order chi connectivity index (χ1) is 10.7. The van der Waals surface area contributed by atoms with Gasteiger partial charge in [-0.05, 0) is 37.1 Å². The molecule has 0 aromatic heterocycles. The Bertz CT molecular complexity index is 589. The molecule has 0 bridgehead atoms. The van der Waals surface area contributed by atoms with Gasteiger partial charge in [0.1, 0.15) is 5.75 Å². The molecule has 0 unspecified atom stereocenters. The second kappa shape index (κ2) is 5.56. The molecule has 22 heavy (non-hydrogen) atoms. The van der Waals surface area contributed by atoms with Crippen molar-refractivity contribution in [3.05, 3.63) is 29.3 Å². The lowest BCUT2D eigenvalue weighted by Gasteiger charge is -2.33. The number of nitrogens with one attached hydrogen (secondary N) is 1. The van der Waals surface area contributed by atoms with Gasteiger partial charge in [-0.15, -0.1) is 0 Å². The Kier molecular flexibility index (Phi) is 3.54. The van der Waals surface area contributed by atoms with Crippen molar-refractivity contribution in [1.29, 1.82) is 0 Å². The number of rotatable bonds is 2. The maximum absolute atomic E-state index is 12.5. The average Bonchev–Trinajstić information content (AvgIpc) is 3.11. The minimum absolute atomic E-state index is 0.0218. The summed E-state index contributed by atoms with van der Waals surface area (Å²) in [5.41, 5.74) is 1.87. The molecule has 1 amide bonds. The van der Waals surface area contributed by atoms with Gasteiger partial charge in [-0.1, -0.05) is 0 Å². The summed E-state index contributed by atoms with van der Waals surface area (Å²) in [5, 5.41) is 3.18. The molecular formula is C17H22N2O3. The summed E-state index contributed by atoms with van der Waals surface area (Å²) in [5.74, 6) is 0.939. The molecule has 4 rings (SSSR count). The Morgan fingerprint density at radius 1 is 1.36 bits per heavy atom. The third kappa shape index (κ3) is 2.59. The number of fused-ring (bicyclic) bond motifs is 2. The van der Waals surface area contributed by atoms with Gasteiger partial charge in [-0.25, -0.2) is 0 Å². The molecule has 3 atom stereocenters. The topological polar surface area (TPSA) is 50.8 Å². The minimum Gasteiger partial charge on any atom is -0.493 e. The number of hydrogen-bond donors (Lipinski definition) is 1. The number of benzene rings is 1. The maximum Gasteiger partial charge on any atom is 0.251 e. The lowest BCUT2D eigenvalue weighted by Crippen LogP contribution is -2.45. The molecule has 0 radical (unpaired) electrons. The van der Waals surface area contributed by atoms with Crippen LogP contribution in [0.3, 0.4) is 0 Å². The normalized spacial score (nSPS) is 30.5. The predicted octanol–water partition coefficient (Wildman–Crippen LogP) is 1.21. The first kappa shape index (κ1) is 14.0. The number of carbonyl (C=O) groups is 1. The lowest BCUT2D eigenvalue weighted by atomic mass is 10.1. The highest BCUT2D eigenvalue weighted by molar-refractivity contribution is 5.94. The van der Waals surface area contributed by atoms with Crippen molar-refractivity contribution in [3.8, 4) is 5.75 Å². The van der Waals surface area contributed by atoms with Gasteiger partial charge < -0.3 is 14.8 Å². The van der Waals surface area contributed by atoms with Crippen molar-refractivity contribution in [3.63, 3.8) is 0 Å². The fourth-order valence-electron chi connectivity index (χ4n) is 3.74. The van der Waals surface area contributed by atoms with Crippen molar-refractivity contribution in [2.24, 2.45) is 0 Å². The molecular weight excluding hydrogens is 280 g/mol. The Balaban J connectivity index is 1.40. The van der Waals surface area contributed by atoms with Crippen LogP contribution in [0.4, 0.5) is 0 Å². The van der Waals surface area contributed by atoms with Crippen LogP contribution in [-0.4, -0.2) is 55.3 Å². The summed E-state index contributed by atoms with van der Waals surface area (Å²) in [7, 11) is 0. The van der Waals surface area contributed by atoms with Crippen LogP contribution in [0.5, 0.6) is 5.75 Å². The molecule has 1 aromatic rings. The molecule has 3 aliphatic heterocycles. The number of nitrogens with zero attached hydrogens (tertiary/aromatic N) is 1. The Morgan fingerprint density at radius 2 is 2.27 bits per heavy atom.